The third-order valence-corrected chi connectivity index (χ3v) is 5.35. The highest BCUT2D eigenvalue weighted by Gasteiger charge is 2.22. The van der Waals surface area contributed by atoms with Crippen LogP contribution in [0.5, 0.6) is 0 Å². The maximum absolute atomic E-state index is 12.3. The molecule has 7 nitrogen and oxygen atoms in total. The van der Waals surface area contributed by atoms with Crippen molar-refractivity contribution in [2.45, 2.75) is 17.9 Å². The first-order valence-corrected chi connectivity index (χ1v) is 9.25. The van der Waals surface area contributed by atoms with E-state index in [2.05, 4.69) is 5.32 Å². The number of anilines is 1. The van der Waals surface area contributed by atoms with Crippen LogP contribution in [-0.4, -0.2) is 44.8 Å². The molecule has 0 fully saturated rings. The van der Waals surface area contributed by atoms with Crippen molar-refractivity contribution in [1.29, 1.82) is 0 Å². The number of benzene rings is 2. The van der Waals surface area contributed by atoms with Crippen molar-refractivity contribution in [2.75, 3.05) is 19.4 Å². The maximum atomic E-state index is 12.3. The number of amides is 1. The van der Waals surface area contributed by atoms with Crippen molar-refractivity contribution < 1.29 is 22.7 Å². The molecule has 26 heavy (non-hydrogen) atoms. The van der Waals surface area contributed by atoms with E-state index < -0.39 is 28.0 Å². The Morgan fingerprint density at radius 1 is 1.04 bits per heavy atom. The van der Waals surface area contributed by atoms with Gasteiger partial charge in [-0.3, -0.25) is 4.79 Å². The molecule has 1 atom stereocenters. The van der Waals surface area contributed by atoms with Gasteiger partial charge in [0.2, 0.25) is 10.0 Å². The number of para-hydroxylation sites is 1. The molecule has 0 saturated heterocycles. The molecule has 1 N–H and O–H groups in total. The van der Waals surface area contributed by atoms with Crippen LogP contribution >= 0.6 is 0 Å². The first kappa shape index (κ1) is 19.6. The first-order valence-electron chi connectivity index (χ1n) is 7.81. The van der Waals surface area contributed by atoms with E-state index in [1.165, 1.54) is 45.3 Å². The van der Waals surface area contributed by atoms with Crippen molar-refractivity contribution in [3.05, 3.63) is 60.2 Å². The molecule has 8 heteroatoms. The van der Waals surface area contributed by atoms with E-state index in [0.717, 1.165) is 4.31 Å². The van der Waals surface area contributed by atoms with Crippen molar-refractivity contribution in [2.24, 2.45) is 0 Å². The van der Waals surface area contributed by atoms with Crippen molar-refractivity contribution >= 4 is 27.6 Å². The van der Waals surface area contributed by atoms with Crippen LogP contribution in [0.2, 0.25) is 0 Å². The Balaban J connectivity index is 2.09. The van der Waals surface area contributed by atoms with Gasteiger partial charge in [0.25, 0.3) is 5.91 Å². The summed E-state index contributed by atoms with van der Waals surface area (Å²) in [5, 5.41) is 2.63. The van der Waals surface area contributed by atoms with Gasteiger partial charge in [0, 0.05) is 19.8 Å². The lowest BCUT2D eigenvalue weighted by atomic mass is 10.2. The van der Waals surface area contributed by atoms with Gasteiger partial charge in [0.15, 0.2) is 6.10 Å². The molecule has 2 aromatic rings. The van der Waals surface area contributed by atoms with E-state index in [1.54, 1.807) is 24.3 Å². The van der Waals surface area contributed by atoms with Crippen LogP contribution in [0.15, 0.2) is 59.5 Å². The highest BCUT2D eigenvalue weighted by Crippen LogP contribution is 2.16. The summed E-state index contributed by atoms with van der Waals surface area (Å²) in [6.07, 6.45) is -1.04. The largest absolute Gasteiger partial charge is 0.449 e. The van der Waals surface area contributed by atoms with Crippen molar-refractivity contribution in [3.63, 3.8) is 0 Å². The number of nitrogens with one attached hydrogen (secondary N) is 1. The second kappa shape index (κ2) is 8.11. The van der Waals surface area contributed by atoms with Gasteiger partial charge < -0.3 is 10.1 Å². The third-order valence-electron chi connectivity index (χ3n) is 3.54. The Bertz CT molecular complexity index is 895. The number of sulfonamides is 1. The molecule has 0 aliphatic rings. The molecule has 0 spiro atoms. The number of rotatable bonds is 6. The Morgan fingerprint density at radius 2 is 1.69 bits per heavy atom. The standard InChI is InChI=1S/C18H20N2O5S/c1-13(17(21)19-15-9-5-4-6-10-15)25-18(22)14-8-7-11-16(12-14)26(23,24)20(2)3/h4-13H,1-3H3,(H,19,21). The lowest BCUT2D eigenvalue weighted by Crippen LogP contribution is -2.30. The Labute approximate surface area is 152 Å². The summed E-state index contributed by atoms with van der Waals surface area (Å²) in [5.41, 5.74) is 0.631. The van der Waals surface area contributed by atoms with Crippen LogP contribution in [0.4, 0.5) is 5.69 Å². The second-order valence-corrected chi connectivity index (χ2v) is 7.87. The Kier molecular flexibility index (Phi) is 6.12. The summed E-state index contributed by atoms with van der Waals surface area (Å²) < 4.78 is 30.5. The number of carbonyl (C=O) groups excluding carboxylic acids is 2. The Hall–Kier alpha value is -2.71. The number of nitrogens with zero attached hydrogens (tertiary/aromatic N) is 1. The first-order chi connectivity index (χ1) is 12.2. The van der Waals surface area contributed by atoms with E-state index >= 15 is 0 Å². The van der Waals surface area contributed by atoms with E-state index in [9.17, 15) is 18.0 Å². The minimum Gasteiger partial charge on any atom is -0.449 e. The van der Waals surface area contributed by atoms with Crippen molar-refractivity contribution in [3.8, 4) is 0 Å². The molecule has 0 aliphatic carbocycles. The molecule has 0 aliphatic heterocycles. The minimum absolute atomic E-state index is 0.0293. The zero-order valence-electron chi connectivity index (χ0n) is 14.7. The molecule has 1 unspecified atom stereocenters. The van der Waals surface area contributed by atoms with Crippen LogP contribution < -0.4 is 5.32 Å². The average Bonchev–Trinajstić information content (AvgIpc) is 2.62. The van der Waals surface area contributed by atoms with Gasteiger partial charge in [-0.05, 0) is 37.3 Å². The molecule has 2 rings (SSSR count). The Morgan fingerprint density at radius 3 is 2.31 bits per heavy atom. The zero-order valence-corrected chi connectivity index (χ0v) is 15.5. The van der Waals surface area contributed by atoms with Crippen LogP contribution in [-0.2, 0) is 19.6 Å². The summed E-state index contributed by atoms with van der Waals surface area (Å²) in [6.45, 7) is 1.44. The molecule has 0 aromatic heterocycles. The molecule has 0 bridgehead atoms. The van der Waals surface area contributed by atoms with Crippen LogP contribution in [0.1, 0.15) is 17.3 Å². The maximum Gasteiger partial charge on any atom is 0.338 e. The van der Waals surface area contributed by atoms with Gasteiger partial charge in [-0.2, -0.15) is 0 Å². The summed E-state index contributed by atoms with van der Waals surface area (Å²) in [5.74, 6) is -1.27. The third kappa shape index (κ3) is 4.68. The minimum atomic E-state index is -3.67. The topological polar surface area (TPSA) is 92.8 Å². The molecule has 0 radical (unpaired) electrons. The monoisotopic (exact) mass is 376 g/mol. The summed E-state index contributed by atoms with van der Waals surface area (Å²) in [4.78, 5) is 24.3. The second-order valence-electron chi connectivity index (χ2n) is 5.72. The highest BCUT2D eigenvalue weighted by molar-refractivity contribution is 7.89. The summed E-state index contributed by atoms with van der Waals surface area (Å²) in [6, 6.07) is 14.3. The highest BCUT2D eigenvalue weighted by atomic mass is 32.2. The van der Waals surface area contributed by atoms with Gasteiger partial charge in [-0.1, -0.05) is 24.3 Å². The molecule has 0 heterocycles. The predicted molar refractivity (Wildman–Crippen MR) is 97.3 cm³/mol. The zero-order chi connectivity index (χ0) is 19.3. The molecule has 2 aromatic carbocycles. The fourth-order valence-electron chi connectivity index (χ4n) is 2.04. The summed E-state index contributed by atoms with van der Waals surface area (Å²) >= 11 is 0. The fraction of sp³-hybridized carbons (Fsp3) is 0.222. The molecular formula is C18H20N2O5S. The predicted octanol–water partition coefficient (Wildman–Crippen LogP) is 2.12. The fourth-order valence-corrected chi connectivity index (χ4v) is 2.99. The van der Waals surface area contributed by atoms with Gasteiger partial charge in [-0.25, -0.2) is 17.5 Å². The average molecular weight is 376 g/mol. The van der Waals surface area contributed by atoms with E-state index in [0.29, 0.717) is 5.69 Å². The smallest absolute Gasteiger partial charge is 0.338 e. The number of hydrogen-bond donors (Lipinski definition) is 1. The normalized spacial score (nSPS) is 12.5. The molecule has 0 saturated carbocycles. The SMILES string of the molecule is CC(OC(=O)c1cccc(S(=O)(=O)N(C)C)c1)C(=O)Nc1ccccc1. The lowest BCUT2D eigenvalue weighted by Gasteiger charge is -2.15. The van der Waals surface area contributed by atoms with Gasteiger partial charge >= 0.3 is 5.97 Å². The molecule has 1 amide bonds. The number of esters is 1. The van der Waals surface area contributed by atoms with E-state index in [-0.39, 0.29) is 10.5 Å². The van der Waals surface area contributed by atoms with Gasteiger partial charge in [-0.15, -0.1) is 0 Å². The van der Waals surface area contributed by atoms with Gasteiger partial charge in [0.1, 0.15) is 0 Å². The van der Waals surface area contributed by atoms with Gasteiger partial charge in [0.05, 0.1) is 10.5 Å². The molecule has 138 valence electrons. The van der Waals surface area contributed by atoms with Crippen molar-refractivity contribution in [1.82, 2.24) is 4.31 Å². The number of hydrogen-bond acceptors (Lipinski definition) is 5. The van der Waals surface area contributed by atoms with Crippen LogP contribution in [0.25, 0.3) is 0 Å². The number of ether oxygens (including phenoxy) is 1. The molecular weight excluding hydrogens is 356 g/mol. The van der Waals surface area contributed by atoms with E-state index in [1.807, 2.05) is 6.07 Å². The van der Waals surface area contributed by atoms with Crippen LogP contribution in [0.3, 0.4) is 0 Å². The quantitative estimate of drug-likeness (QED) is 0.780. The number of carbonyl (C=O) groups is 2. The van der Waals surface area contributed by atoms with E-state index in [4.69, 9.17) is 4.74 Å². The summed E-state index contributed by atoms with van der Waals surface area (Å²) in [7, 11) is -0.874. The van der Waals surface area contributed by atoms with Crippen LogP contribution in [0, 0.1) is 0 Å². The lowest BCUT2D eigenvalue weighted by molar-refractivity contribution is -0.123.